The largest absolute Gasteiger partial charge is 0.467 e. The molecule has 0 saturated heterocycles. The number of hydrogen-bond acceptors (Lipinski definition) is 15. The van der Waals surface area contributed by atoms with Gasteiger partial charge in [-0.2, -0.15) is 0 Å². The van der Waals surface area contributed by atoms with Gasteiger partial charge in [0.15, 0.2) is 0 Å². The van der Waals surface area contributed by atoms with Crippen LogP contribution in [0.15, 0.2) is 0 Å². The first-order valence-corrected chi connectivity index (χ1v) is 14.2. The van der Waals surface area contributed by atoms with Gasteiger partial charge in [-0.15, -0.1) is 0 Å². The van der Waals surface area contributed by atoms with Crippen molar-refractivity contribution in [2.24, 2.45) is 0 Å². The Morgan fingerprint density at radius 1 is 0.357 bits per heavy atom. The lowest BCUT2D eigenvalue weighted by Crippen LogP contribution is -2.16. The standard InChI is InChI=1S/C27H52O15/c1-26(28)42-24-23-40-20-19-38-16-15-36-12-11-34-8-7-32-4-3-31-5-6-33-9-10-35-13-14-37-17-18-39-21-22-41-25-27(29)30-2/h3-25H2,1-2H3. The van der Waals surface area contributed by atoms with Crippen molar-refractivity contribution >= 4 is 11.9 Å². The summed E-state index contributed by atoms with van der Waals surface area (Å²) in [4.78, 5) is 21.4. The molecule has 0 aliphatic heterocycles. The maximum atomic E-state index is 10.8. The van der Waals surface area contributed by atoms with E-state index in [1.807, 2.05) is 0 Å². The zero-order valence-corrected chi connectivity index (χ0v) is 25.4. The molecule has 0 amide bonds. The molecule has 0 aromatic heterocycles. The first-order chi connectivity index (χ1) is 20.7. The normalized spacial score (nSPS) is 11.2. The molecule has 0 aliphatic rings. The lowest BCUT2D eigenvalue weighted by molar-refractivity contribution is -0.146. The van der Waals surface area contributed by atoms with Gasteiger partial charge in [0.1, 0.15) is 13.2 Å². The molecule has 0 fully saturated rings. The predicted octanol–water partition coefficient (Wildman–Crippen LogP) is -0.0949. The molecule has 0 rings (SSSR count). The molecule has 0 aromatic carbocycles. The Bertz CT molecular complexity index is 568. The molecular weight excluding hydrogens is 564 g/mol. The molecule has 0 bridgehead atoms. The molecular formula is C27H52O15. The zero-order chi connectivity index (χ0) is 30.6. The zero-order valence-electron chi connectivity index (χ0n) is 25.4. The topological polar surface area (TPSA) is 154 Å². The third-order valence-corrected chi connectivity index (χ3v) is 4.70. The summed E-state index contributed by atoms with van der Waals surface area (Å²) in [6, 6.07) is 0. The smallest absolute Gasteiger partial charge is 0.331 e. The van der Waals surface area contributed by atoms with E-state index in [2.05, 4.69) is 4.74 Å². The van der Waals surface area contributed by atoms with Crippen LogP contribution in [0.5, 0.6) is 0 Å². The van der Waals surface area contributed by atoms with Crippen molar-refractivity contribution in [3.05, 3.63) is 0 Å². The Morgan fingerprint density at radius 3 is 0.786 bits per heavy atom. The van der Waals surface area contributed by atoms with Crippen LogP contribution in [0.4, 0.5) is 0 Å². The second-order valence-corrected chi connectivity index (χ2v) is 8.09. The van der Waals surface area contributed by atoms with Crippen molar-refractivity contribution in [1.29, 1.82) is 0 Å². The highest BCUT2D eigenvalue weighted by atomic mass is 16.6. The van der Waals surface area contributed by atoms with Gasteiger partial charge >= 0.3 is 11.9 Å². The van der Waals surface area contributed by atoms with Gasteiger partial charge in [-0.1, -0.05) is 0 Å². The molecule has 15 heteroatoms. The van der Waals surface area contributed by atoms with E-state index in [1.165, 1.54) is 14.0 Å². The van der Waals surface area contributed by atoms with Crippen LogP contribution in [0.2, 0.25) is 0 Å². The van der Waals surface area contributed by atoms with Crippen LogP contribution in [0.25, 0.3) is 0 Å². The fourth-order valence-corrected chi connectivity index (χ4v) is 2.66. The number of carbonyl (C=O) groups excluding carboxylic acids is 2. The van der Waals surface area contributed by atoms with Crippen molar-refractivity contribution in [3.8, 4) is 0 Å². The van der Waals surface area contributed by atoms with E-state index in [1.54, 1.807) is 0 Å². The number of ether oxygens (including phenoxy) is 13. The summed E-state index contributed by atoms with van der Waals surface area (Å²) < 4.78 is 68.2. The Labute approximate surface area is 249 Å². The van der Waals surface area contributed by atoms with Gasteiger partial charge in [-0.05, 0) is 0 Å². The minimum atomic E-state index is -0.411. The molecule has 0 radical (unpaired) electrons. The number of rotatable bonds is 35. The molecule has 0 aliphatic carbocycles. The van der Waals surface area contributed by atoms with E-state index >= 15 is 0 Å². The molecule has 0 atom stereocenters. The molecule has 15 nitrogen and oxygen atoms in total. The fourth-order valence-electron chi connectivity index (χ4n) is 2.66. The van der Waals surface area contributed by atoms with E-state index in [4.69, 9.17) is 56.8 Å². The van der Waals surface area contributed by atoms with Gasteiger partial charge in [0.05, 0.1) is 146 Å². The average molecular weight is 617 g/mol. The monoisotopic (exact) mass is 616 g/mol. The summed E-state index contributed by atoms with van der Waals surface area (Å²) in [6.45, 7) is 11.2. The number of esters is 2. The molecule has 0 N–H and O–H groups in total. The van der Waals surface area contributed by atoms with Crippen LogP contribution in [0.1, 0.15) is 6.92 Å². The van der Waals surface area contributed by atoms with Crippen LogP contribution in [-0.4, -0.2) is 171 Å². The first-order valence-electron chi connectivity index (χ1n) is 14.2. The number of carbonyl (C=O) groups is 2. The summed E-state index contributed by atoms with van der Waals surface area (Å²) in [7, 11) is 1.31. The summed E-state index contributed by atoms with van der Waals surface area (Å²) >= 11 is 0. The highest BCUT2D eigenvalue weighted by Gasteiger charge is 1.99. The van der Waals surface area contributed by atoms with Crippen LogP contribution in [0.3, 0.4) is 0 Å². The van der Waals surface area contributed by atoms with Crippen LogP contribution < -0.4 is 0 Å². The van der Waals surface area contributed by atoms with E-state index in [9.17, 15) is 9.59 Å². The van der Waals surface area contributed by atoms with Crippen LogP contribution in [-0.2, 0) is 71.2 Å². The van der Waals surface area contributed by atoms with Crippen molar-refractivity contribution < 1.29 is 71.2 Å². The molecule has 0 unspecified atom stereocenters. The molecule has 0 spiro atoms. The fraction of sp³-hybridized carbons (Fsp3) is 0.926. The molecule has 250 valence electrons. The van der Waals surface area contributed by atoms with Gasteiger partial charge in [0.2, 0.25) is 0 Å². The van der Waals surface area contributed by atoms with Crippen LogP contribution in [0, 0.1) is 0 Å². The van der Waals surface area contributed by atoms with Gasteiger partial charge in [-0.25, -0.2) is 4.79 Å². The van der Waals surface area contributed by atoms with Crippen molar-refractivity contribution in [1.82, 2.24) is 0 Å². The number of methoxy groups -OCH3 is 1. The van der Waals surface area contributed by atoms with Gasteiger partial charge in [0.25, 0.3) is 0 Å². The minimum Gasteiger partial charge on any atom is -0.467 e. The lowest BCUT2D eigenvalue weighted by Gasteiger charge is -2.09. The summed E-state index contributed by atoms with van der Waals surface area (Å²) in [5.41, 5.74) is 0. The Morgan fingerprint density at radius 2 is 0.571 bits per heavy atom. The Hall–Kier alpha value is -1.50. The van der Waals surface area contributed by atoms with E-state index in [0.29, 0.717) is 139 Å². The lowest BCUT2D eigenvalue weighted by atomic mass is 10.6. The Balaban J connectivity index is 3.05. The minimum absolute atomic E-state index is 0.0734. The van der Waals surface area contributed by atoms with Crippen molar-refractivity contribution in [2.45, 2.75) is 6.92 Å². The third-order valence-electron chi connectivity index (χ3n) is 4.70. The van der Waals surface area contributed by atoms with E-state index in [-0.39, 0.29) is 19.2 Å². The average Bonchev–Trinajstić information content (AvgIpc) is 2.98. The second kappa shape index (κ2) is 35.7. The second-order valence-electron chi connectivity index (χ2n) is 8.09. The van der Waals surface area contributed by atoms with Crippen LogP contribution >= 0.6 is 0 Å². The molecule has 42 heavy (non-hydrogen) atoms. The van der Waals surface area contributed by atoms with Gasteiger partial charge < -0.3 is 61.6 Å². The molecule has 0 heterocycles. The van der Waals surface area contributed by atoms with E-state index < -0.39 is 5.97 Å². The maximum absolute atomic E-state index is 10.8. The van der Waals surface area contributed by atoms with Gasteiger partial charge in [-0.3, -0.25) is 4.79 Å². The third kappa shape index (κ3) is 36.5. The molecule has 0 saturated carbocycles. The molecule has 0 aromatic rings. The van der Waals surface area contributed by atoms with E-state index in [0.717, 1.165) is 0 Å². The maximum Gasteiger partial charge on any atom is 0.331 e. The SMILES string of the molecule is COC(=O)COCCOCCOCCOCCOCCOCCOCCOCCOCCOCCOCCOC(C)=O. The number of hydrogen-bond donors (Lipinski definition) is 0. The first kappa shape index (κ1) is 40.5. The highest BCUT2D eigenvalue weighted by molar-refractivity contribution is 5.70. The quantitative estimate of drug-likeness (QED) is 0.0687. The Kier molecular flexibility index (Phi) is 34.4. The highest BCUT2D eigenvalue weighted by Crippen LogP contribution is 1.87. The summed E-state index contributed by atoms with van der Waals surface area (Å²) in [6.07, 6.45) is 0. The predicted molar refractivity (Wildman–Crippen MR) is 148 cm³/mol. The van der Waals surface area contributed by atoms with Crippen molar-refractivity contribution in [2.75, 3.05) is 159 Å². The summed E-state index contributed by atoms with van der Waals surface area (Å²) in [5.74, 6) is -0.726. The van der Waals surface area contributed by atoms with Crippen molar-refractivity contribution in [3.63, 3.8) is 0 Å². The summed E-state index contributed by atoms with van der Waals surface area (Å²) in [5, 5.41) is 0. The van der Waals surface area contributed by atoms with Gasteiger partial charge in [0, 0.05) is 6.92 Å².